The van der Waals surface area contributed by atoms with Crippen molar-refractivity contribution in [2.75, 3.05) is 14.2 Å². The van der Waals surface area contributed by atoms with E-state index in [2.05, 4.69) is 10.6 Å². The Hall–Kier alpha value is -3.39. The van der Waals surface area contributed by atoms with Crippen molar-refractivity contribution in [3.05, 3.63) is 59.7 Å². The van der Waals surface area contributed by atoms with Gasteiger partial charge in [-0.15, -0.1) is 0 Å². The van der Waals surface area contributed by atoms with Gasteiger partial charge in [-0.1, -0.05) is 24.3 Å². The second-order valence-corrected chi connectivity index (χ2v) is 7.88. The van der Waals surface area contributed by atoms with Gasteiger partial charge in [-0.3, -0.25) is 20.2 Å². The summed E-state index contributed by atoms with van der Waals surface area (Å²) in [5, 5.41) is 15.3. The molecule has 1 spiro atoms. The van der Waals surface area contributed by atoms with Gasteiger partial charge in [0.2, 0.25) is 11.8 Å². The minimum atomic E-state index is -1.60. The number of nitrogens with one attached hydrogen (secondary N) is 2. The third-order valence-electron chi connectivity index (χ3n) is 6.36. The lowest BCUT2D eigenvalue weighted by atomic mass is 9.54. The fourth-order valence-electron chi connectivity index (χ4n) is 4.91. The largest absolute Gasteiger partial charge is 0.497 e. The highest BCUT2D eigenvalue weighted by Gasteiger charge is 2.63. The zero-order valence-corrected chi connectivity index (χ0v) is 17.3. The molecule has 0 bridgehead atoms. The molecule has 1 aliphatic carbocycles. The quantitative estimate of drug-likeness (QED) is 0.648. The highest BCUT2D eigenvalue weighted by Crippen LogP contribution is 2.56. The van der Waals surface area contributed by atoms with Crippen molar-refractivity contribution in [1.82, 2.24) is 10.6 Å². The summed E-state index contributed by atoms with van der Waals surface area (Å²) in [5.41, 5.74) is -0.188. The number of carbonyl (C=O) groups excluding carboxylic acids is 3. The molecule has 0 radical (unpaired) electrons. The number of barbiturate groups is 1. The Morgan fingerprint density at radius 2 is 1.16 bits per heavy atom. The average molecular weight is 424 g/mol. The van der Waals surface area contributed by atoms with Crippen molar-refractivity contribution in [3.8, 4) is 11.5 Å². The van der Waals surface area contributed by atoms with Crippen LogP contribution in [0.4, 0.5) is 4.79 Å². The summed E-state index contributed by atoms with van der Waals surface area (Å²) in [6.45, 7) is 0. The standard InChI is InChI=1S/C23H24N2O6/c1-30-16-7-3-13(4-8-16)18-11-15(26)12-19(14-5-9-17(31-2)10-6-14)23(18)20(27)24-22(29)25-21(23)28/h3-10,15,18-19,26H,11-12H2,1-2H3,(H2,24,25,27,28,29)/t15?,18-,19+. The van der Waals surface area contributed by atoms with Crippen LogP contribution >= 0.6 is 0 Å². The maximum atomic E-state index is 13.4. The van der Waals surface area contributed by atoms with E-state index in [0.717, 1.165) is 0 Å². The van der Waals surface area contributed by atoms with E-state index in [1.807, 2.05) is 0 Å². The molecule has 1 heterocycles. The summed E-state index contributed by atoms with van der Waals surface area (Å²) < 4.78 is 10.4. The molecule has 2 aliphatic rings. The topological polar surface area (TPSA) is 114 Å². The van der Waals surface area contributed by atoms with Crippen LogP contribution in [-0.2, 0) is 9.59 Å². The number of rotatable bonds is 4. The monoisotopic (exact) mass is 424 g/mol. The third-order valence-corrected chi connectivity index (χ3v) is 6.36. The van der Waals surface area contributed by atoms with E-state index in [0.29, 0.717) is 22.6 Å². The maximum absolute atomic E-state index is 13.4. The van der Waals surface area contributed by atoms with E-state index in [4.69, 9.17) is 9.47 Å². The number of aliphatic hydroxyl groups excluding tert-OH is 1. The van der Waals surface area contributed by atoms with E-state index >= 15 is 0 Å². The lowest BCUT2D eigenvalue weighted by Crippen LogP contribution is -2.67. The molecular weight excluding hydrogens is 400 g/mol. The first kappa shape index (κ1) is 20.9. The van der Waals surface area contributed by atoms with Crippen molar-refractivity contribution in [2.24, 2.45) is 5.41 Å². The van der Waals surface area contributed by atoms with E-state index in [1.54, 1.807) is 62.8 Å². The Bertz CT molecular complexity index is 922. The summed E-state index contributed by atoms with van der Waals surface area (Å²) in [6, 6.07) is 13.3. The summed E-state index contributed by atoms with van der Waals surface area (Å²) >= 11 is 0. The van der Waals surface area contributed by atoms with Crippen LogP contribution in [0.15, 0.2) is 48.5 Å². The lowest BCUT2D eigenvalue weighted by Gasteiger charge is -2.50. The van der Waals surface area contributed by atoms with E-state index < -0.39 is 41.2 Å². The third kappa shape index (κ3) is 3.42. The highest BCUT2D eigenvalue weighted by molar-refractivity contribution is 6.20. The molecule has 0 aromatic heterocycles. The summed E-state index contributed by atoms with van der Waals surface area (Å²) in [5.74, 6) is -1.35. The van der Waals surface area contributed by atoms with Crippen LogP contribution in [0.25, 0.3) is 0 Å². The van der Waals surface area contributed by atoms with Crippen molar-refractivity contribution in [2.45, 2.75) is 30.8 Å². The Morgan fingerprint density at radius 1 is 0.774 bits per heavy atom. The van der Waals surface area contributed by atoms with Crippen LogP contribution in [0.1, 0.15) is 35.8 Å². The molecule has 162 valence electrons. The number of imide groups is 2. The van der Waals surface area contributed by atoms with Gasteiger partial charge in [0, 0.05) is 11.8 Å². The molecule has 2 fully saturated rings. The Balaban J connectivity index is 1.88. The molecule has 3 N–H and O–H groups in total. The van der Waals surface area contributed by atoms with Crippen molar-refractivity contribution < 1.29 is 29.0 Å². The molecule has 4 rings (SSSR count). The van der Waals surface area contributed by atoms with Crippen LogP contribution < -0.4 is 20.1 Å². The Kier molecular flexibility index (Phi) is 5.41. The molecule has 1 saturated heterocycles. The second-order valence-electron chi connectivity index (χ2n) is 7.88. The van der Waals surface area contributed by atoms with Gasteiger partial charge in [-0.05, 0) is 48.2 Å². The fraction of sp³-hybridized carbons (Fsp3) is 0.348. The average Bonchev–Trinajstić information content (AvgIpc) is 2.77. The smallest absolute Gasteiger partial charge is 0.328 e. The van der Waals surface area contributed by atoms with Gasteiger partial charge in [-0.2, -0.15) is 0 Å². The molecule has 1 unspecified atom stereocenters. The Labute approximate surface area is 179 Å². The number of amides is 4. The number of methoxy groups -OCH3 is 2. The zero-order valence-electron chi connectivity index (χ0n) is 17.3. The van der Waals surface area contributed by atoms with Gasteiger partial charge in [0.05, 0.1) is 20.3 Å². The van der Waals surface area contributed by atoms with Crippen molar-refractivity contribution in [1.29, 1.82) is 0 Å². The van der Waals surface area contributed by atoms with E-state index in [-0.39, 0.29) is 12.8 Å². The van der Waals surface area contributed by atoms with Gasteiger partial charge in [0.15, 0.2) is 0 Å². The number of urea groups is 1. The van der Waals surface area contributed by atoms with E-state index in [9.17, 15) is 19.5 Å². The summed E-state index contributed by atoms with van der Waals surface area (Å²) in [7, 11) is 3.10. The lowest BCUT2D eigenvalue weighted by molar-refractivity contribution is -0.152. The van der Waals surface area contributed by atoms with Gasteiger partial charge >= 0.3 is 6.03 Å². The van der Waals surface area contributed by atoms with Gasteiger partial charge in [0.25, 0.3) is 0 Å². The first-order valence-electron chi connectivity index (χ1n) is 10.0. The minimum Gasteiger partial charge on any atom is -0.497 e. The zero-order chi connectivity index (χ0) is 22.2. The predicted molar refractivity (Wildman–Crippen MR) is 111 cm³/mol. The first-order valence-corrected chi connectivity index (χ1v) is 10.0. The highest BCUT2D eigenvalue weighted by atomic mass is 16.5. The molecule has 2 aromatic carbocycles. The number of aliphatic hydroxyl groups is 1. The first-order chi connectivity index (χ1) is 14.9. The molecule has 2 aromatic rings. The Morgan fingerprint density at radius 3 is 1.52 bits per heavy atom. The summed E-state index contributed by atoms with van der Waals surface area (Å²) in [6.07, 6.45) is -0.328. The molecule has 3 atom stereocenters. The number of hydrogen-bond donors (Lipinski definition) is 3. The van der Waals surface area contributed by atoms with Crippen LogP contribution in [0, 0.1) is 5.41 Å². The van der Waals surface area contributed by atoms with E-state index in [1.165, 1.54) is 0 Å². The molecule has 8 heteroatoms. The molecule has 1 aliphatic heterocycles. The maximum Gasteiger partial charge on any atom is 0.328 e. The number of ether oxygens (including phenoxy) is 2. The van der Waals surface area contributed by atoms with Gasteiger partial charge in [0.1, 0.15) is 16.9 Å². The summed E-state index contributed by atoms with van der Waals surface area (Å²) in [4.78, 5) is 38.7. The fourth-order valence-corrected chi connectivity index (χ4v) is 4.91. The van der Waals surface area contributed by atoms with Crippen LogP contribution in [-0.4, -0.2) is 43.3 Å². The van der Waals surface area contributed by atoms with Gasteiger partial charge in [-0.25, -0.2) is 4.79 Å². The van der Waals surface area contributed by atoms with Crippen molar-refractivity contribution >= 4 is 17.8 Å². The normalized spacial score (nSPS) is 25.0. The molecular formula is C23H24N2O6. The molecule has 1 saturated carbocycles. The van der Waals surface area contributed by atoms with Crippen molar-refractivity contribution in [3.63, 3.8) is 0 Å². The predicted octanol–water partition coefficient (Wildman–Crippen LogP) is 2.08. The number of benzene rings is 2. The molecule has 4 amide bonds. The number of hydrogen-bond acceptors (Lipinski definition) is 6. The van der Waals surface area contributed by atoms with Gasteiger partial charge < -0.3 is 14.6 Å². The molecule has 31 heavy (non-hydrogen) atoms. The van der Waals surface area contributed by atoms with Crippen LogP contribution in [0.3, 0.4) is 0 Å². The van der Waals surface area contributed by atoms with Crippen LogP contribution in [0.5, 0.6) is 11.5 Å². The SMILES string of the molecule is COc1ccc([C@H]2CC(O)C[C@@H](c3ccc(OC)cc3)C23C(=O)NC(=O)NC3=O)cc1. The minimum absolute atomic E-state index is 0.202. The van der Waals surface area contributed by atoms with Crippen LogP contribution in [0.2, 0.25) is 0 Å². The molecule has 8 nitrogen and oxygen atoms in total. The number of carbonyl (C=O) groups is 3. The second kappa shape index (κ2) is 8.03.